The fourth-order valence-corrected chi connectivity index (χ4v) is 2.05. The minimum absolute atomic E-state index is 0.0398. The van der Waals surface area contributed by atoms with E-state index in [1.165, 1.54) is 11.3 Å². The Hall–Kier alpha value is -1.31. The second-order valence-corrected chi connectivity index (χ2v) is 5.02. The summed E-state index contributed by atoms with van der Waals surface area (Å²) in [6.45, 7) is 5.29. The van der Waals surface area contributed by atoms with Crippen molar-refractivity contribution in [2.45, 2.75) is 20.3 Å². The van der Waals surface area contributed by atoms with Crippen molar-refractivity contribution < 1.29 is 4.79 Å². The van der Waals surface area contributed by atoms with Gasteiger partial charge in [-0.05, 0) is 23.8 Å². The van der Waals surface area contributed by atoms with Crippen LogP contribution in [-0.4, -0.2) is 19.0 Å². The molecule has 0 spiro atoms. The second-order valence-electron chi connectivity index (χ2n) is 4.11. The molecule has 1 amide bonds. The molecule has 17 heavy (non-hydrogen) atoms. The van der Waals surface area contributed by atoms with E-state index in [0.717, 1.165) is 12.0 Å². The minimum Gasteiger partial charge on any atom is -0.351 e. The van der Waals surface area contributed by atoms with Crippen molar-refractivity contribution in [1.29, 1.82) is 0 Å². The lowest BCUT2D eigenvalue weighted by Gasteiger charge is -2.06. The van der Waals surface area contributed by atoms with Gasteiger partial charge in [-0.25, -0.2) is 0 Å². The first-order valence-electron chi connectivity index (χ1n) is 5.69. The van der Waals surface area contributed by atoms with E-state index in [4.69, 9.17) is 5.73 Å². The van der Waals surface area contributed by atoms with Gasteiger partial charge in [0.25, 0.3) is 5.91 Å². The lowest BCUT2D eigenvalue weighted by Crippen LogP contribution is -2.25. The Bertz CT molecular complexity index is 426. The molecule has 0 unspecified atom stereocenters. The third kappa shape index (κ3) is 4.59. The largest absolute Gasteiger partial charge is 0.351 e. The van der Waals surface area contributed by atoms with Gasteiger partial charge in [0.2, 0.25) is 0 Å². The second kappa shape index (κ2) is 7.10. The lowest BCUT2D eigenvalue weighted by molar-refractivity contribution is 0.0956. The molecule has 0 aliphatic carbocycles. The third-order valence-corrected chi connectivity index (χ3v) is 3.12. The summed E-state index contributed by atoms with van der Waals surface area (Å²) in [5.74, 6) is 6.23. The van der Waals surface area contributed by atoms with E-state index in [1.807, 2.05) is 11.4 Å². The highest BCUT2D eigenvalue weighted by Gasteiger charge is 2.11. The Morgan fingerprint density at radius 1 is 1.59 bits per heavy atom. The van der Waals surface area contributed by atoms with Crippen LogP contribution in [0, 0.1) is 17.8 Å². The number of carbonyl (C=O) groups excluding carboxylic acids is 1. The molecular weight excluding hydrogens is 232 g/mol. The number of hydrogen-bond acceptors (Lipinski definition) is 3. The Morgan fingerprint density at radius 2 is 2.35 bits per heavy atom. The summed E-state index contributed by atoms with van der Waals surface area (Å²) >= 11 is 1.41. The Labute approximate surface area is 106 Å². The number of nitrogens with one attached hydrogen (secondary N) is 1. The SMILES string of the molecule is CC(C)CCNC(=O)c1sccc1C#CCN. The van der Waals surface area contributed by atoms with E-state index in [1.54, 1.807) is 0 Å². The van der Waals surface area contributed by atoms with Crippen LogP contribution < -0.4 is 11.1 Å². The molecule has 3 nitrogen and oxygen atoms in total. The summed E-state index contributed by atoms with van der Waals surface area (Å²) < 4.78 is 0. The molecule has 0 aliphatic rings. The number of hydrogen-bond donors (Lipinski definition) is 2. The van der Waals surface area contributed by atoms with Crippen molar-refractivity contribution in [2.24, 2.45) is 11.7 Å². The van der Waals surface area contributed by atoms with Gasteiger partial charge in [0.05, 0.1) is 6.54 Å². The van der Waals surface area contributed by atoms with Gasteiger partial charge in [-0.15, -0.1) is 11.3 Å². The Balaban J connectivity index is 2.60. The number of nitrogens with two attached hydrogens (primary N) is 1. The molecule has 1 aromatic rings. The molecule has 1 aromatic heterocycles. The third-order valence-electron chi connectivity index (χ3n) is 2.20. The van der Waals surface area contributed by atoms with Crippen molar-refractivity contribution in [3.05, 3.63) is 21.9 Å². The van der Waals surface area contributed by atoms with E-state index >= 15 is 0 Å². The van der Waals surface area contributed by atoms with Crippen LogP contribution in [-0.2, 0) is 0 Å². The van der Waals surface area contributed by atoms with Gasteiger partial charge in [0.1, 0.15) is 4.88 Å². The highest BCUT2D eigenvalue weighted by molar-refractivity contribution is 7.12. The molecule has 0 radical (unpaired) electrons. The van der Waals surface area contributed by atoms with E-state index in [-0.39, 0.29) is 5.91 Å². The first-order chi connectivity index (χ1) is 8.15. The van der Waals surface area contributed by atoms with E-state index in [2.05, 4.69) is 31.0 Å². The van der Waals surface area contributed by atoms with Crippen molar-refractivity contribution in [3.8, 4) is 11.8 Å². The van der Waals surface area contributed by atoms with Gasteiger partial charge in [-0.1, -0.05) is 25.7 Å². The van der Waals surface area contributed by atoms with Crippen LogP contribution >= 0.6 is 11.3 Å². The van der Waals surface area contributed by atoms with E-state index < -0.39 is 0 Å². The highest BCUT2D eigenvalue weighted by atomic mass is 32.1. The van der Waals surface area contributed by atoms with Gasteiger partial charge in [0, 0.05) is 12.1 Å². The van der Waals surface area contributed by atoms with Crippen LogP contribution in [0.15, 0.2) is 11.4 Å². The van der Waals surface area contributed by atoms with Crippen LogP contribution in [0.2, 0.25) is 0 Å². The minimum atomic E-state index is -0.0398. The maximum absolute atomic E-state index is 11.9. The van der Waals surface area contributed by atoms with Crippen LogP contribution in [0.1, 0.15) is 35.5 Å². The zero-order valence-electron chi connectivity index (χ0n) is 10.2. The zero-order valence-corrected chi connectivity index (χ0v) is 11.1. The Morgan fingerprint density at radius 3 is 3.00 bits per heavy atom. The summed E-state index contributed by atoms with van der Waals surface area (Å²) in [4.78, 5) is 12.5. The van der Waals surface area contributed by atoms with Crippen LogP contribution in [0.4, 0.5) is 0 Å². The molecule has 1 rings (SSSR count). The first kappa shape index (κ1) is 13.8. The maximum Gasteiger partial charge on any atom is 0.262 e. The van der Waals surface area contributed by atoms with Gasteiger partial charge in [0.15, 0.2) is 0 Å². The summed E-state index contributed by atoms with van der Waals surface area (Å²) in [6, 6.07) is 1.85. The highest BCUT2D eigenvalue weighted by Crippen LogP contribution is 2.15. The van der Waals surface area contributed by atoms with E-state index in [0.29, 0.717) is 23.9 Å². The summed E-state index contributed by atoms with van der Waals surface area (Å²) in [5, 5.41) is 4.78. The molecule has 0 aliphatic heterocycles. The summed E-state index contributed by atoms with van der Waals surface area (Å²) in [7, 11) is 0. The topological polar surface area (TPSA) is 55.1 Å². The van der Waals surface area contributed by atoms with Gasteiger partial charge < -0.3 is 11.1 Å². The number of carbonyl (C=O) groups is 1. The molecule has 0 saturated carbocycles. The summed E-state index contributed by atoms with van der Waals surface area (Å²) in [5.41, 5.74) is 6.08. The van der Waals surface area contributed by atoms with Crippen LogP contribution in [0.5, 0.6) is 0 Å². The van der Waals surface area contributed by atoms with Crippen molar-refractivity contribution in [3.63, 3.8) is 0 Å². The molecule has 0 aromatic carbocycles. The molecule has 92 valence electrons. The zero-order chi connectivity index (χ0) is 12.7. The molecule has 4 heteroatoms. The van der Waals surface area contributed by atoms with Gasteiger partial charge in [-0.3, -0.25) is 4.79 Å². The molecule has 1 heterocycles. The molecule has 3 N–H and O–H groups in total. The Kier molecular flexibility index (Phi) is 5.75. The molecule has 0 fully saturated rings. The van der Waals surface area contributed by atoms with Gasteiger partial charge in [-0.2, -0.15) is 0 Å². The monoisotopic (exact) mass is 250 g/mol. The smallest absolute Gasteiger partial charge is 0.262 e. The predicted octanol–water partition coefficient (Wildman–Crippen LogP) is 1.83. The first-order valence-corrected chi connectivity index (χ1v) is 6.57. The average Bonchev–Trinajstić information content (AvgIpc) is 2.73. The van der Waals surface area contributed by atoms with Crippen molar-refractivity contribution in [1.82, 2.24) is 5.32 Å². The molecule has 0 bridgehead atoms. The molecular formula is C13H18N2OS. The average molecular weight is 250 g/mol. The maximum atomic E-state index is 11.9. The summed E-state index contributed by atoms with van der Waals surface area (Å²) in [6.07, 6.45) is 0.987. The number of rotatable bonds is 4. The standard InChI is InChI=1S/C13H18N2OS/c1-10(2)5-8-15-13(16)12-11(4-3-7-14)6-9-17-12/h6,9-10H,5,7-8,14H2,1-2H3,(H,15,16). The van der Waals surface area contributed by atoms with Crippen LogP contribution in [0.3, 0.4) is 0 Å². The van der Waals surface area contributed by atoms with Crippen LogP contribution in [0.25, 0.3) is 0 Å². The quantitative estimate of drug-likeness (QED) is 0.801. The lowest BCUT2D eigenvalue weighted by atomic mass is 10.1. The van der Waals surface area contributed by atoms with Gasteiger partial charge >= 0.3 is 0 Å². The number of amides is 1. The number of thiophene rings is 1. The normalized spacial score (nSPS) is 9.88. The predicted molar refractivity (Wildman–Crippen MR) is 72.0 cm³/mol. The molecule has 0 saturated heterocycles. The molecule has 0 atom stereocenters. The van der Waals surface area contributed by atoms with E-state index in [9.17, 15) is 4.79 Å². The fraction of sp³-hybridized carbons (Fsp3) is 0.462. The fourth-order valence-electron chi connectivity index (χ4n) is 1.28. The van der Waals surface area contributed by atoms with Crippen molar-refractivity contribution in [2.75, 3.05) is 13.1 Å². The van der Waals surface area contributed by atoms with Crippen molar-refractivity contribution >= 4 is 17.2 Å².